The van der Waals surface area contributed by atoms with E-state index in [0.29, 0.717) is 6.42 Å². The quantitative estimate of drug-likeness (QED) is 0.349. The average molecular weight is 513 g/mol. The summed E-state index contributed by atoms with van der Waals surface area (Å²) < 4.78 is 11.5. The molecule has 3 N–H and O–H groups in total. The summed E-state index contributed by atoms with van der Waals surface area (Å²) in [6, 6.07) is 0. The highest BCUT2D eigenvalue weighted by molar-refractivity contribution is 5.95. The number of carboxylic acids is 1. The van der Waals surface area contributed by atoms with Crippen LogP contribution in [0.15, 0.2) is 47.5 Å². The van der Waals surface area contributed by atoms with Gasteiger partial charge in [-0.3, -0.25) is 4.79 Å². The molecule has 37 heavy (non-hydrogen) atoms. The molecule has 0 saturated heterocycles. The largest absolute Gasteiger partial charge is 0.505 e. The third kappa shape index (κ3) is 4.04. The number of allylic oxidation sites excluding steroid dienone is 2. The number of esters is 2. The van der Waals surface area contributed by atoms with Gasteiger partial charge in [-0.05, 0) is 56.8 Å². The fourth-order valence-electron chi connectivity index (χ4n) is 7.36. The first-order valence-corrected chi connectivity index (χ1v) is 13.5. The standard InChI is InChI=1S/C29H36O8/c1-16-15-29-18(14-20(16)25(32)33)9-6-4-3-5-8-17-12-13-19-21(10-7-11-22(19)30)28(17,2)27(35)36-23(24(29)31)26(34)37-29/h6,9,12-14,16-19,21-22,30-31H,3-5,7-8,10-11,15H2,1-2H3,(H,32,33)/b9-6+/t16-,17-,18-,19+,21-,22+,28-,29+/m1/s1. The number of ether oxygens (including phenoxy) is 2. The first-order chi connectivity index (χ1) is 17.6. The molecule has 0 aromatic heterocycles. The monoisotopic (exact) mass is 512 g/mol. The smallest absolute Gasteiger partial charge is 0.379 e. The molecule has 5 rings (SSSR count). The molecule has 0 amide bonds. The summed E-state index contributed by atoms with van der Waals surface area (Å²) in [6.45, 7) is 3.58. The van der Waals surface area contributed by atoms with E-state index in [0.717, 1.165) is 38.5 Å². The Labute approximate surface area is 216 Å². The maximum atomic E-state index is 13.9. The molecule has 2 aliphatic heterocycles. The van der Waals surface area contributed by atoms with Crippen LogP contribution in [0.4, 0.5) is 0 Å². The highest BCUT2D eigenvalue weighted by Crippen LogP contribution is 2.54. The molecule has 8 atom stereocenters. The molecule has 1 saturated carbocycles. The van der Waals surface area contributed by atoms with Gasteiger partial charge in [0.15, 0.2) is 11.4 Å². The summed E-state index contributed by atoms with van der Waals surface area (Å²) in [5.41, 5.74) is -2.32. The Morgan fingerprint density at radius 1 is 1.08 bits per heavy atom. The molecule has 0 radical (unpaired) electrons. The molecule has 1 fully saturated rings. The van der Waals surface area contributed by atoms with Crippen molar-refractivity contribution in [3.05, 3.63) is 47.5 Å². The lowest BCUT2D eigenvalue weighted by Crippen LogP contribution is -2.51. The fraction of sp³-hybridized carbons (Fsp3) is 0.621. The lowest BCUT2D eigenvalue weighted by atomic mass is 9.55. The van der Waals surface area contributed by atoms with Crippen LogP contribution in [0.1, 0.15) is 65.2 Å². The Kier molecular flexibility index (Phi) is 6.59. The van der Waals surface area contributed by atoms with Crippen molar-refractivity contribution in [3.63, 3.8) is 0 Å². The maximum Gasteiger partial charge on any atom is 0.379 e. The SMILES string of the molecule is C[C@@H]1C[C@@]23OC(=O)C(=C2O)OC(=O)[C@@]2(C)[C@@H]4CCC[C@H](O)[C@H]4C=C[C@H]2CCCC/C=C/[C@@H]3C=C1C(=O)O. The van der Waals surface area contributed by atoms with Gasteiger partial charge in [0, 0.05) is 23.8 Å². The minimum atomic E-state index is -1.53. The van der Waals surface area contributed by atoms with Crippen LogP contribution in [0, 0.1) is 35.0 Å². The summed E-state index contributed by atoms with van der Waals surface area (Å²) in [5, 5.41) is 31.8. The molecular weight excluding hydrogens is 476 g/mol. The first-order valence-electron chi connectivity index (χ1n) is 13.5. The Hall–Kier alpha value is -2.87. The highest BCUT2D eigenvalue weighted by Gasteiger charge is 2.59. The van der Waals surface area contributed by atoms with Gasteiger partial charge in [-0.1, -0.05) is 50.1 Å². The number of fused-ring (bicyclic) bond motifs is 3. The van der Waals surface area contributed by atoms with Crippen LogP contribution in [0.3, 0.4) is 0 Å². The zero-order valence-corrected chi connectivity index (χ0v) is 21.4. The van der Waals surface area contributed by atoms with Crippen molar-refractivity contribution in [2.24, 2.45) is 35.0 Å². The lowest BCUT2D eigenvalue weighted by Gasteiger charge is -2.49. The minimum absolute atomic E-state index is 0.0539. The molecule has 2 heterocycles. The first kappa shape index (κ1) is 25.8. The van der Waals surface area contributed by atoms with Crippen LogP contribution in [-0.4, -0.2) is 44.9 Å². The van der Waals surface area contributed by atoms with Crippen LogP contribution in [-0.2, 0) is 23.9 Å². The number of carboxylic acid groups (broad SMARTS) is 1. The summed E-state index contributed by atoms with van der Waals surface area (Å²) in [6.07, 6.45) is 14.3. The predicted molar refractivity (Wildman–Crippen MR) is 133 cm³/mol. The molecule has 8 nitrogen and oxygen atoms in total. The molecule has 3 aliphatic carbocycles. The van der Waals surface area contributed by atoms with E-state index in [4.69, 9.17) is 9.47 Å². The number of carbonyl (C=O) groups is 3. The molecule has 5 aliphatic rings. The second kappa shape index (κ2) is 9.46. The van der Waals surface area contributed by atoms with Crippen LogP contribution in [0.25, 0.3) is 0 Å². The average Bonchev–Trinajstić information content (AvgIpc) is 3.07. The van der Waals surface area contributed by atoms with Crippen LogP contribution >= 0.6 is 0 Å². The predicted octanol–water partition coefficient (Wildman–Crippen LogP) is 4.36. The van der Waals surface area contributed by atoms with Gasteiger partial charge in [0.1, 0.15) is 0 Å². The van der Waals surface area contributed by atoms with Crippen molar-refractivity contribution in [1.29, 1.82) is 0 Å². The number of rotatable bonds is 1. The number of hydrogen-bond donors (Lipinski definition) is 3. The normalized spacial score (nSPS) is 42.8. The summed E-state index contributed by atoms with van der Waals surface area (Å²) in [7, 11) is 0. The lowest BCUT2D eigenvalue weighted by molar-refractivity contribution is -0.168. The molecule has 200 valence electrons. The molecular formula is C29H36O8. The van der Waals surface area contributed by atoms with Crippen LogP contribution < -0.4 is 0 Å². The van der Waals surface area contributed by atoms with E-state index in [1.54, 1.807) is 13.0 Å². The van der Waals surface area contributed by atoms with Crippen molar-refractivity contribution in [3.8, 4) is 0 Å². The Bertz CT molecular complexity index is 1110. The molecule has 0 unspecified atom stereocenters. The number of hydrogen-bond acceptors (Lipinski definition) is 7. The fourth-order valence-corrected chi connectivity index (χ4v) is 7.36. The van der Waals surface area contributed by atoms with Crippen molar-refractivity contribution in [2.75, 3.05) is 0 Å². The van der Waals surface area contributed by atoms with E-state index in [2.05, 4.69) is 0 Å². The molecule has 1 spiro atoms. The zero-order chi connectivity index (χ0) is 26.5. The van der Waals surface area contributed by atoms with Crippen LogP contribution in [0.5, 0.6) is 0 Å². The Balaban J connectivity index is 1.58. The molecule has 0 aromatic rings. The van der Waals surface area contributed by atoms with E-state index < -0.39 is 58.4 Å². The van der Waals surface area contributed by atoms with Crippen molar-refractivity contribution in [1.82, 2.24) is 0 Å². The Morgan fingerprint density at radius 3 is 2.62 bits per heavy atom. The summed E-state index contributed by atoms with van der Waals surface area (Å²) in [5.74, 6) is -5.21. The van der Waals surface area contributed by atoms with E-state index in [9.17, 15) is 29.7 Å². The van der Waals surface area contributed by atoms with Crippen molar-refractivity contribution in [2.45, 2.75) is 76.9 Å². The van der Waals surface area contributed by atoms with Gasteiger partial charge in [-0.2, -0.15) is 0 Å². The minimum Gasteiger partial charge on any atom is -0.505 e. The molecule has 8 heteroatoms. The topological polar surface area (TPSA) is 130 Å². The number of aliphatic hydroxyl groups is 2. The molecule has 0 aromatic carbocycles. The third-order valence-electron chi connectivity index (χ3n) is 9.51. The number of aliphatic hydroxyl groups excluding tert-OH is 2. The maximum absolute atomic E-state index is 13.9. The van der Waals surface area contributed by atoms with Gasteiger partial charge >= 0.3 is 17.9 Å². The van der Waals surface area contributed by atoms with Gasteiger partial charge in [-0.15, -0.1) is 0 Å². The summed E-state index contributed by atoms with van der Waals surface area (Å²) in [4.78, 5) is 38.9. The van der Waals surface area contributed by atoms with Gasteiger partial charge < -0.3 is 24.8 Å². The number of aliphatic carboxylic acids is 1. The van der Waals surface area contributed by atoms with Crippen LogP contribution in [0.2, 0.25) is 0 Å². The van der Waals surface area contributed by atoms with E-state index >= 15 is 0 Å². The van der Waals surface area contributed by atoms with Crippen molar-refractivity contribution >= 4 is 17.9 Å². The molecule has 2 bridgehead atoms. The number of carbonyl (C=O) groups excluding carboxylic acids is 2. The van der Waals surface area contributed by atoms with E-state index in [-0.39, 0.29) is 29.7 Å². The zero-order valence-electron chi connectivity index (χ0n) is 21.4. The second-order valence-corrected chi connectivity index (χ2v) is 11.6. The van der Waals surface area contributed by atoms with Crippen molar-refractivity contribution < 1.29 is 39.2 Å². The second-order valence-electron chi connectivity index (χ2n) is 11.6. The summed E-state index contributed by atoms with van der Waals surface area (Å²) >= 11 is 0. The van der Waals surface area contributed by atoms with Gasteiger partial charge in [0.05, 0.1) is 11.5 Å². The van der Waals surface area contributed by atoms with E-state index in [1.165, 1.54) is 6.08 Å². The highest BCUT2D eigenvalue weighted by atomic mass is 16.6. The van der Waals surface area contributed by atoms with Gasteiger partial charge in [0.2, 0.25) is 0 Å². The van der Waals surface area contributed by atoms with E-state index in [1.807, 2.05) is 25.2 Å². The van der Waals surface area contributed by atoms with Gasteiger partial charge in [0.25, 0.3) is 5.76 Å². The Morgan fingerprint density at radius 2 is 1.86 bits per heavy atom. The van der Waals surface area contributed by atoms with Gasteiger partial charge in [-0.25, -0.2) is 9.59 Å². The third-order valence-corrected chi connectivity index (χ3v) is 9.51.